The third-order valence-corrected chi connectivity index (χ3v) is 14.6. The lowest BCUT2D eigenvalue weighted by atomic mass is 9.69. The van der Waals surface area contributed by atoms with E-state index in [1.54, 1.807) is 35.4 Å². The summed E-state index contributed by atoms with van der Waals surface area (Å²) in [4.78, 5) is 56.5. The molecule has 300 valence electrons. The molecule has 9 nitrogen and oxygen atoms in total. The van der Waals surface area contributed by atoms with E-state index >= 15 is 0 Å². The molecule has 5 fully saturated rings. The topological polar surface area (TPSA) is 104 Å². The Kier molecular flexibility index (Phi) is 13.5. The second-order valence-electron chi connectivity index (χ2n) is 17.6. The van der Waals surface area contributed by atoms with Gasteiger partial charge in [0.15, 0.2) is 5.75 Å². The molecule has 4 saturated carbocycles. The molecule has 1 aromatic heterocycles. The van der Waals surface area contributed by atoms with Gasteiger partial charge in [-0.3, -0.25) is 23.7 Å². The van der Waals surface area contributed by atoms with Crippen LogP contribution in [0.25, 0.3) is 5.69 Å². The summed E-state index contributed by atoms with van der Waals surface area (Å²) >= 11 is 0. The smallest absolute Gasteiger partial charge is 0.314 e. The summed E-state index contributed by atoms with van der Waals surface area (Å²) in [5.41, 5.74) is -0.229. The van der Waals surface area contributed by atoms with Crippen molar-refractivity contribution in [2.45, 2.75) is 129 Å². The number of hydrogen-bond acceptors (Lipinski definition) is 7. The molecule has 7 rings (SSSR count). The second kappa shape index (κ2) is 18.7. The third kappa shape index (κ3) is 9.57. The number of pyridine rings is 1. The quantitative estimate of drug-likeness (QED) is 0.176. The fourth-order valence-electron chi connectivity index (χ4n) is 10.8. The Morgan fingerprint density at radius 2 is 1.15 bits per heavy atom. The van der Waals surface area contributed by atoms with Crippen LogP contribution < -0.4 is 15.0 Å². The van der Waals surface area contributed by atoms with Crippen molar-refractivity contribution in [3.8, 4) is 17.2 Å². The Labute approximate surface area is 327 Å². The van der Waals surface area contributed by atoms with Crippen LogP contribution in [-0.4, -0.2) is 53.6 Å². The van der Waals surface area contributed by atoms with E-state index in [-0.39, 0.29) is 52.4 Å². The van der Waals surface area contributed by atoms with Gasteiger partial charge in [0.25, 0.3) is 11.5 Å². The molecule has 1 amide bonds. The number of aromatic nitrogens is 1. The number of benzene rings is 1. The number of morpholine rings is 1. The molecular weight excluding hydrogens is 693 g/mol. The second-order valence-corrected chi connectivity index (χ2v) is 17.6. The number of carbonyl (C=O) groups is 3. The Balaban J connectivity index is 1.05. The SMILES string of the molecule is CCC1CCC(C2CCC(C(=O)Oc3ccc(OC(=O)C4CCC(C5CCC(CC)CC5)CC4)c(-n4cccc(C(=O)N5CCOCC5)c4=O)c3)CC2)CC1. The van der Waals surface area contributed by atoms with Crippen LogP contribution in [0.4, 0.5) is 0 Å². The molecular formula is C46H64N2O7. The van der Waals surface area contributed by atoms with Crippen LogP contribution in [0.5, 0.6) is 11.5 Å². The highest BCUT2D eigenvalue weighted by atomic mass is 16.5. The number of hydrogen-bond donors (Lipinski definition) is 0. The fraction of sp³-hybridized carbons (Fsp3) is 0.696. The molecule has 0 radical (unpaired) electrons. The van der Waals surface area contributed by atoms with Crippen molar-refractivity contribution < 1.29 is 28.6 Å². The van der Waals surface area contributed by atoms with Gasteiger partial charge in [-0.05, 0) is 137 Å². The molecule has 55 heavy (non-hydrogen) atoms. The number of carbonyl (C=O) groups excluding carboxylic acids is 3. The van der Waals surface area contributed by atoms with E-state index in [0.29, 0.717) is 38.1 Å². The van der Waals surface area contributed by atoms with Crippen LogP contribution in [0, 0.1) is 47.3 Å². The Bertz CT molecular complexity index is 1660. The van der Waals surface area contributed by atoms with Crippen molar-refractivity contribution in [1.82, 2.24) is 9.47 Å². The number of nitrogens with zero attached hydrogens (tertiary/aromatic N) is 2. The van der Waals surface area contributed by atoms with Gasteiger partial charge < -0.3 is 19.1 Å². The maximum Gasteiger partial charge on any atom is 0.314 e. The van der Waals surface area contributed by atoms with Crippen LogP contribution in [0.1, 0.15) is 140 Å². The van der Waals surface area contributed by atoms with E-state index in [2.05, 4.69) is 13.8 Å². The van der Waals surface area contributed by atoms with Gasteiger partial charge in [-0.1, -0.05) is 52.4 Å². The molecule has 9 heteroatoms. The van der Waals surface area contributed by atoms with Crippen LogP contribution in [-0.2, 0) is 14.3 Å². The van der Waals surface area contributed by atoms with Crippen molar-refractivity contribution in [1.29, 1.82) is 0 Å². The number of esters is 2. The Morgan fingerprint density at radius 3 is 1.65 bits per heavy atom. The molecule has 0 bridgehead atoms. The predicted octanol–water partition coefficient (Wildman–Crippen LogP) is 9.17. The van der Waals surface area contributed by atoms with Crippen molar-refractivity contribution in [3.05, 3.63) is 52.4 Å². The molecule has 0 N–H and O–H groups in total. The number of ether oxygens (including phenoxy) is 3. The van der Waals surface area contributed by atoms with E-state index in [4.69, 9.17) is 14.2 Å². The fourth-order valence-corrected chi connectivity index (χ4v) is 10.8. The molecule has 2 heterocycles. The van der Waals surface area contributed by atoms with Gasteiger partial charge in [-0.25, -0.2) is 0 Å². The summed E-state index contributed by atoms with van der Waals surface area (Å²) in [7, 11) is 0. The largest absolute Gasteiger partial charge is 0.426 e. The van der Waals surface area contributed by atoms with Gasteiger partial charge in [-0.2, -0.15) is 0 Å². The van der Waals surface area contributed by atoms with Crippen molar-refractivity contribution in [2.75, 3.05) is 26.3 Å². The minimum atomic E-state index is -0.524. The van der Waals surface area contributed by atoms with Gasteiger partial charge in [0, 0.05) is 25.4 Å². The predicted molar refractivity (Wildman–Crippen MR) is 212 cm³/mol. The van der Waals surface area contributed by atoms with E-state index in [1.807, 2.05) is 0 Å². The summed E-state index contributed by atoms with van der Waals surface area (Å²) in [6, 6.07) is 8.07. The first-order chi connectivity index (χ1) is 26.8. The van der Waals surface area contributed by atoms with Crippen LogP contribution >= 0.6 is 0 Å². The third-order valence-electron chi connectivity index (χ3n) is 14.6. The molecule has 0 unspecified atom stereocenters. The van der Waals surface area contributed by atoms with Crippen LogP contribution in [0.15, 0.2) is 41.3 Å². The minimum Gasteiger partial charge on any atom is -0.426 e. The Hall–Kier alpha value is -3.46. The lowest BCUT2D eigenvalue weighted by Crippen LogP contribution is -2.43. The number of rotatable bonds is 10. The summed E-state index contributed by atoms with van der Waals surface area (Å²) in [6.07, 6.45) is 22.2. The van der Waals surface area contributed by atoms with Crippen molar-refractivity contribution >= 4 is 17.8 Å². The van der Waals surface area contributed by atoms with Crippen molar-refractivity contribution in [3.63, 3.8) is 0 Å². The zero-order chi connectivity index (χ0) is 38.3. The molecule has 1 aromatic carbocycles. The van der Waals surface area contributed by atoms with Gasteiger partial charge in [0.2, 0.25) is 0 Å². The average molecular weight is 757 g/mol. The standard InChI is InChI=1S/C46H64N2O7/c1-3-31-7-11-33(12-8-31)35-15-19-37(20-16-35)45(51)54-39-23-24-42(55-46(52)38-21-17-36(18-22-38)34-13-9-32(4-2)10-14-34)41(30-39)48-25-5-6-40(44(48)50)43(49)47-26-28-53-29-27-47/h5-6,23-25,30-38H,3-4,7-22,26-29H2,1-2H3. The zero-order valence-electron chi connectivity index (χ0n) is 33.4. The van der Waals surface area contributed by atoms with Gasteiger partial charge in [-0.15, -0.1) is 0 Å². The first-order valence-corrected chi connectivity index (χ1v) is 22.0. The van der Waals surface area contributed by atoms with E-state index in [9.17, 15) is 19.2 Å². The van der Waals surface area contributed by atoms with Crippen molar-refractivity contribution in [2.24, 2.45) is 47.3 Å². The van der Waals surface area contributed by atoms with E-state index in [0.717, 1.165) is 75.0 Å². The normalized spacial score (nSPS) is 30.3. The zero-order valence-corrected chi connectivity index (χ0v) is 33.4. The van der Waals surface area contributed by atoms with Gasteiger partial charge in [0.1, 0.15) is 11.3 Å². The minimum absolute atomic E-state index is 0.0234. The lowest BCUT2D eigenvalue weighted by Gasteiger charge is -2.37. The molecule has 0 atom stereocenters. The van der Waals surface area contributed by atoms with E-state index < -0.39 is 5.56 Å². The molecule has 2 aromatic rings. The summed E-state index contributed by atoms with van der Waals surface area (Å²) in [6.45, 7) is 6.26. The molecule has 1 saturated heterocycles. The van der Waals surface area contributed by atoms with E-state index in [1.165, 1.54) is 74.8 Å². The molecule has 1 aliphatic heterocycles. The maximum atomic E-state index is 14.0. The highest BCUT2D eigenvalue weighted by Crippen LogP contribution is 2.44. The summed E-state index contributed by atoms with van der Waals surface area (Å²) in [5, 5.41) is 0. The summed E-state index contributed by atoms with van der Waals surface area (Å²) in [5.74, 6) is 3.86. The van der Waals surface area contributed by atoms with Gasteiger partial charge in [0.05, 0.1) is 30.7 Å². The first kappa shape index (κ1) is 39.8. The monoisotopic (exact) mass is 756 g/mol. The lowest BCUT2D eigenvalue weighted by molar-refractivity contribution is -0.141. The summed E-state index contributed by atoms with van der Waals surface area (Å²) < 4.78 is 18.9. The molecule has 4 aliphatic carbocycles. The van der Waals surface area contributed by atoms with Crippen LogP contribution in [0.2, 0.25) is 0 Å². The maximum absolute atomic E-state index is 14.0. The van der Waals surface area contributed by atoms with Crippen LogP contribution in [0.3, 0.4) is 0 Å². The highest BCUT2D eigenvalue weighted by molar-refractivity contribution is 5.94. The highest BCUT2D eigenvalue weighted by Gasteiger charge is 2.36. The number of amides is 1. The first-order valence-electron chi connectivity index (χ1n) is 22.0. The molecule has 5 aliphatic rings. The molecule has 0 spiro atoms. The van der Waals surface area contributed by atoms with Gasteiger partial charge >= 0.3 is 11.9 Å². The average Bonchev–Trinajstić information content (AvgIpc) is 3.24. The Morgan fingerprint density at radius 1 is 0.655 bits per heavy atom.